The van der Waals surface area contributed by atoms with Gasteiger partial charge in [-0.15, -0.1) is 0 Å². The predicted octanol–water partition coefficient (Wildman–Crippen LogP) is 2.99. The van der Waals surface area contributed by atoms with Gasteiger partial charge in [0.2, 0.25) is 0 Å². The summed E-state index contributed by atoms with van der Waals surface area (Å²) >= 11 is 0. The molecule has 0 aliphatic heterocycles. The smallest absolute Gasteiger partial charge is 0.251 e. The lowest BCUT2D eigenvalue weighted by molar-refractivity contribution is 0.0947. The van der Waals surface area contributed by atoms with E-state index in [2.05, 4.69) is 12.2 Å². The fourth-order valence-electron chi connectivity index (χ4n) is 2.45. The molecule has 1 aliphatic rings. The second kappa shape index (κ2) is 5.30. The molecule has 0 saturated heterocycles. The molecule has 0 aromatic heterocycles. The van der Waals surface area contributed by atoms with E-state index in [0.29, 0.717) is 11.5 Å². The lowest BCUT2D eigenvalue weighted by atomic mass is 10.1. The number of hydrogen-bond acceptors (Lipinski definition) is 1. The van der Waals surface area contributed by atoms with Gasteiger partial charge in [0, 0.05) is 12.1 Å². The monoisotopic (exact) mass is 235 g/mol. The van der Waals surface area contributed by atoms with Gasteiger partial charge in [-0.1, -0.05) is 13.3 Å². The Morgan fingerprint density at radius 3 is 2.65 bits per heavy atom. The molecule has 0 heterocycles. The molecule has 92 valence electrons. The number of halogens is 1. The summed E-state index contributed by atoms with van der Waals surface area (Å²) in [5.41, 5.74) is 0.525. The fraction of sp³-hybridized carbons (Fsp3) is 0.500. The molecule has 2 atom stereocenters. The number of hydrogen-bond donors (Lipinski definition) is 1. The molecular weight excluding hydrogens is 217 g/mol. The van der Waals surface area contributed by atoms with Crippen molar-refractivity contribution in [3.8, 4) is 0 Å². The standard InChI is InChI=1S/C14H18FNO/c1-10-2-3-11(8-10)9-16-14(17)12-4-6-13(15)7-5-12/h4-7,10-11H,2-3,8-9H2,1H3,(H,16,17). The Hall–Kier alpha value is -1.38. The van der Waals surface area contributed by atoms with Crippen LogP contribution in [0.15, 0.2) is 24.3 Å². The molecule has 1 N–H and O–H groups in total. The number of benzene rings is 1. The molecule has 1 aromatic rings. The Labute approximate surface area is 101 Å². The van der Waals surface area contributed by atoms with Gasteiger partial charge in [0.05, 0.1) is 0 Å². The second-order valence-electron chi connectivity index (χ2n) is 5.00. The highest BCUT2D eigenvalue weighted by Gasteiger charge is 2.21. The molecule has 1 fully saturated rings. The molecule has 1 aromatic carbocycles. The van der Waals surface area contributed by atoms with Gasteiger partial charge >= 0.3 is 0 Å². The molecule has 2 unspecified atom stereocenters. The Balaban J connectivity index is 1.83. The van der Waals surface area contributed by atoms with Crippen molar-refractivity contribution in [2.75, 3.05) is 6.54 Å². The van der Waals surface area contributed by atoms with Gasteiger partial charge < -0.3 is 5.32 Å². The van der Waals surface area contributed by atoms with Crippen LogP contribution in [0.3, 0.4) is 0 Å². The molecule has 0 bridgehead atoms. The normalized spacial score (nSPS) is 23.6. The molecule has 1 saturated carbocycles. The van der Waals surface area contributed by atoms with Crippen molar-refractivity contribution in [2.45, 2.75) is 26.2 Å². The van der Waals surface area contributed by atoms with Crippen molar-refractivity contribution in [3.63, 3.8) is 0 Å². The van der Waals surface area contributed by atoms with Crippen LogP contribution < -0.4 is 5.32 Å². The maximum Gasteiger partial charge on any atom is 0.251 e. The number of amides is 1. The van der Waals surface area contributed by atoms with Crippen LogP contribution in [0, 0.1) is 17.7 Å². The van der Waals surface area contributed by atoms with Crippen LogP contribution in [-0.4, -0.2) is 12.5 Å². The molecule has 0 spiro atoms. The summed E-state index contributed by atoms with van der Waals surface area (Å²) in [5.74, 6) is 0.966. The highest BCUT2D eigenvalue weighted by Crippen LogP contribution is 2.29. The molecule has 2 nitrogen and oxygen atoms in total. The van der Waals surface area contributed by atoms with Crippen LogP contribution in [0.5, 0.6) is 0 Å². The Kier molecular flexibility index (Phi) is 3.77. The summed E-state index contributed by atoms with van der Waals surface area (Å²) in [7, 11) is 0. The van der Waals surface area contributed by atoms with E-state index in [1.165, 1.54) is 43.5 Å². The highest BCUT2D eigenvalue weighted by molar-refractivity contribution is 5.94. The minimum Gasteiger partial charge on any atom is -0.352 e. The zero-order valence-corrected chi connectivity index (χ0v) is 10.1. The quantitative estimate of drug-likeness (QED) is 0.857. The third-order valence-electron chi connectivity index (χ3n) is 3.46. The van der Waals surface area contributed by atoms with Crippen molar-refractivity contribution in [3.05, 3.63) is 35.6 Å². The van der Waals surface area contributed by atoms with E-state index in [1.807, 2.05) is 0 Å². The predicted molar refractivity (Wildman–Crippen MR) is 65.2 cm³/mol. The minimum atomic E-state index is -0.314. The van der Waals surface area contributed by atoms with E-state index >= 15 is 0 Å². The average molecular weight is 235 g/mol. The third kappa shape index (κ3) is 3.29. The molecule has 1 amide bonds. The largest absolute Gasteiger partial charge is 0.352 e. The summed E-state index contributed by atoms with van der Waals surface area (Å²) in [5, 5.41) is 2.92. The summed E-state index contributed by atoms with van der Waals surface area (Å²) in [6.07, 6.45) is 3.66. The summed E-state index contributed by atoms with van der Waals surface area (Å²) in [6.45, 7) is 2.99. The maximum absolute atomic E-state index is 12.7. The van der Waals surface area contributed by atoms with Gasteiger partial charge in [-0.2, -0.15) is 0 Å². The fourth-order valence-corrected chi connectivity index (χ4v) is 2.45. The maximum atomic E-state index is 12.7. The zero-order chi connectivity index (χ0) is 12.3. The van der Waals surface area contributed by atoms with Gasteiger partial charge in [-0.05, 0) is 48.9 Å². The van der Waals surface area contributed by atoms with Crippen LogP contribution >= 0.6 is 0 Å². The van der Waals surface area contributed by atoms with E-state index in [0.717, 1.165) is 12.5 Å². The minimum absolute atomic E-state index is 0.107. The van der Waals surface area contributed by atoms with Crippen molar-refractivity contribution in [1.82, 2.24) is 5.32 Å². The van der Waals surface area contributed by atoms with E-state index in [4.69, 9.17) is 0 Å². The molecule has 0 radical (unpaired) electrons. The molecular formula is C14H18FNO. The summed E-state index contributed by atoms with van der Waals surface area (Å²) in [4.78, 5) is 11.8. The van der Waals surface area contributed by atoms with Gasteiger partial charge in [0.15, 0.2) is 0 Å². The van der Waals surface area contributed by atoms with E-state index in [9.17, 15) is 9.18 Å². The van der Waals surface area contributed by atoms with Gasteiger partial charge in [-0.3, -0.25) is 4.79 Å². The number of rotatable bonds is 3. The van der Waals surface area contributed by atoms with Gasteiger partial charge in [-0.25, -0.2) is 4.39 Å². The highest BCUT2D eigenvalue weighted by atomic mass is 19.1. The van der Waals surface area contributed by atoms with Gasteiger partial charge in [0.1, 0.15) is 5.82 Å². The molecule has 1 aliphatic carbocycles. The molecule has 3 heteroatoms. The number of carbonyl (C=O) groups is 1. The Bertz CT molecular complexity index is 388. The van der Waals surface area contributed by atoms with Crippen molar-refractivity contribution in [1.29, 1.82) is 0 Å². The lowest BCUT2D eigenvalue weighted by Crippen LogP contribution is -2.28. The molecule has 2 rings (SSSR count). The first-order valence-electron chi connectivity index (χ1n) is 6.19. The van der Waals surface area contributed by atoms with Crippen LogP contribution in [0.25, 0.3) is 0 Å². The zero-order valence-electron chi connectivity index (χ0n) is 10.1. The van der Waals surface area contributed by atoms with Gasteiger partial charge in [0.25, 0.3) is 5.91 Å². The average Bonchev–Trinajstić information content (AvgIpc) is 2.73. The van der Waals surface area contributed by atoms with Crippen LogP contribution in [-0.2, 0) is 0 Å². The number of carbonyl (C=O) groups excluding carboxylic acids is 1. The lowest BCUT2D eigenvalue weighted by Gasteiger charge is -2.11. The summed E-state index contributed by atoms with van der Waals surface area (Å²) < 4.78 is 12.7. The first-order valence-corrected chi connectivity index (χ1v) is 6.19. The van der Waals surface area contributed by atoms with Crippen LogP contribution in [0.4, 0.5) is 4.39 Å². The molecule has 17 heavy (non-hydrogen) atoms. The summed E-state index contributed by atoms with van der Waals surface area (Å²) in [6, 6.07) is 5.66. The van der Waals surface area contributed by atoms with Crippen molar-refractivity contribution in [2.24, 2.45) is 11.8 Å². The van der Waals surface area contributed by atoms with E-state index in [-0.39, 0.29) is 11.7 Å². The van der Waals surface area contributed by atoms with Crippen molar-refractivity contribution >= 4 is 5.91 Å². The van der Waals surface area contributed by atoms with E-state index < -0.39 is 0 Å². The van der Waals surface area contributed by atoms with Crippen LogP contribution in [0.2, 0.25) is 0 Å². The Morgan fingerprint density at radius 2 is 2.06 bits per heavy atom. The second-order valence-corrected chi connectivity index (χ2v) is 5.00. The van der Waals surface area contributed by atoms with Crippen LogP contribution in [0.1, 0.15) is 36.5 Å². The first-order chi connectivity index (χ1) is 8.15. The SMILES string of the molecule is CC1CCC(CNC(=O)c2ccc(F)cc2)C1. The topological polar surface area (TPSA) is 29.1 Å². The number of nitrogens with one attached hydrogen (secondary N) is 1. The van der Waals surface area contributed by atoms with E-state index in [1.54, 1.807) is 0 Å². The third-order valence-corrected chi connectivity index (χ3v) is 3.46. The first kappa shape index (κ1) is 12.1. The van der Waals surface area contributed by atoms with Crippen molar-refractivity contribution < 1.29 is 9.18 Å². The Morgan fingerprint density at radius 1 is 1.35 bits per heavy atom.